The van der Waals surface area contributed by atoms with E-state index >= 15 is 0 Å². The molecule has 6 heteroatoms. The molecule has 0 aliphatic heterocycles. The number of ether oxygens (including phenoxy) is 1. The van der Waals surface area contributed by atoms with E-state index in [2.05, 4.69) is 13.0 Å². The van der Waals surface area contributed by atoms with Crippen LogP contribution < -0.4 is 4.74 Å². The molecule has 216 valence electrons. The Morgan fingerprint density at radius 3 is 2.44 bits per heavy atom. The summed E-state index contributed by atoms with van der Waals surface area (Å²) in [6.45, 7) is 1.84. The number of carbonyl (C=O) groups is 1. The lowest BCUT2D eigenvalue weighted by atomic mass is 9.85. The van der Waals surface area contributed by atoms with Crippen LogP contribution in [-0.4, -0.2) is 24.9 Å². The van der Waals surface area contributed by atoms with Crippen molar-refractivity contribution in [3.63, 3.8) is 0 Å². The predicted molar refractivity (Wildman–Crippen MR) is 159 cm³/mol. The monoisotopic (exact) mass is 562 g/mol. The van der Waals surface area contributed by atoms with Crippen molar-refractivity contribution in [1.29, 1.82) is 0 Å². The van der Waals surface area contributed by atoms with E-state index in [1.807, 2.05) is 30.3 Å². The molecule has 0 fully saturated rings. The van der Waals surface area contributed by atoms with Crippen LogP contribution in [0.25, 0.3) is 17.2 Å². The lowest BCUT2D eigenvalue weighted by Gasteiger charge is -2.20. The Balaban J connectivity index is 1.86. The number of allylic oxidation sites excluding steroid dienone is 2. The van der Waals surface area contributed by atoms with Crippen molar-refractivity contribution in [2.45, 2.75) is 64.7 Å². The van der Waals surface area contributed by atoms with Crippen molar-refractivity contribution in [2.24, 2.45) is 0 Å². The zero-order chi connectivity index (χ0) is 29.4. The number of aryl methyl sites for hydroxylation is 1. The van der Waals surface area contributed by atoms with Gasteiger partial charge in [0.05, 0.1) is 24.9 Å². The molecule has 0 atom stereocenters. The van der Waals surface area contributed by atoms with Crippen LogP contribution in [0, 0.1) is 0 Å². The van der Waals surface area contributed by atoms with Gasteiger partial charge in [-0.25, -0.2) is 13.6 Å². The van der Waals surface area contributed by atoms with Gasteiger partial charge in [-0.1, -0.05) is 67.5 Å². The summed E-state index contributed by atoms with van der Waals surface area (Å²) in [6.07, 6.45) is 5.61. The third kappa shape index (κ3) is 7.10. The number of unbranched alkanes of at least 4 members (excludes halogenated alkanes) is 2. The third-order valence-corrected chi connectivity index (χ3v) is 7.78. The van der Waals surface area contributed by atoms with E-state index in [-0.39, 0.29) is 23.6 Å². The highest BCUT2D eigenvalue weighted by molar-refractivity contribution is 6.01. The highest BCUT2D eigenvalue weighted by Gasteiger charge is 2.26. The Morgan fingerprint density at radius 1 is 1.00 bits per heavy atom. The van der Waals surface area contributed by atoms with E-state index in [9.17, 15) is 23.1 Å². The minimum absolute atomic E-state index is 0.131. The molecule has 3 aromatic carbocycles. The number of alkyl halides is 3. The molecule has 0 heterocycles. The maximum atomic E-state index is 14.4. The molecule has 1 N–H and O–H groups in total. The Labute approximate surface area is 240 Å². The topological polar surface area (TPSA) is 46.5 Å². The summed E-state index contributed by atoms with van der Waals surface area (Å²) in [5.41, 5.74) is 7.14. The average molecular weight is 563 g/mol. The molecule has 0 radical (unpaired) electrons. The summed E-state index contributed by atoms with van der Waals surface area (Å²) < 4.78 is 46.7. The van der Waals surface area contributed by atoms with Crippen LogP contribution >= 0.6 is 0 Å². The first kappa shape index (κ1) is 30.2. The Bertz CT molecular complexity index is 1420. The molecule has 0 bridgehead atoms. The van der Waals surface area contributed by atoms with E-state index in [1.54, 1.807) is 30.3 Å². The van der Waals surface area contributed by atoms with Crippen LogP contribution in [-0.2, 0) is 6.42 Å². The van der Waals surface area contributed by atoms with E-state index in [0.29, 0.717) is 31.2 Å². The Kier molecular flexibility index (Phi) is 10.4. The number of carboxylic acid groups (broad SMARTS) is 1. The van der Waals surface area contributed by atoms with Crippen LogP contribution in [0.15, 0.2) is 66.2 Å². The number of halogens is 3. The predicted octanol–water partition coefficient (Wildman–Crippen LogP) is 9.95. The molecule has 0 saturated carbocycles. The van der Waals surface area contributed by atoms with Crippen molar-refractivity contribution >= 4 is 23.2 Å². The van der Waals surface area contributed by atoms with Crippen molar-refractivity contribution in [3.8, 4) is 5.75 Å². The van der Waals surface area contributed by atoms with E-state index in [1.165, 1.54) is 12.7 Å². The first-order valence-electron chi connectivity index (χ1n) is 14.3. The maximum Gasteiger partial charge on any atom is 0.335 e. The fourth-order valence-corrected chi connectivity index (χ4v) is 5.69. The molecule has 0 saturated heterocycles. The van der Waals surface area contributed by atoms with Crippen molar-refractivity contribution in [1.82, 2.24) is 0 Å². The molecule has 4 rings (SSSR count). The highest BCUT2D eigenvalue weighted by Crippen LogP contribution is 2.44. The first-order valence-corrected chi connectivity index (χ1v) is 14.3. The largest absolute Gasteiger partial charge is 0.496 e. The van der Waals surface area contributed by atoms with Crippen LogP contribution in [0.4, 0.5) is 13.2 Å². The molecule has 1 aliphatic carbocycles. The quantitative estimate of drug-likeness (QED) is 0.224. The Morgan fingerprint density at radius 2 is 1.78 bits per heavy atom. The lowest BCUT2D eigenvalue weighted by Crippen LogP contribution is -2.03. The fourth-order valence-electron chi connectivity index (χ4n) is 5.69. The van der Waals surface area contributed by atoms with Crippen LogP contribution in [0.3, 0.4) is 0 Å². The zero-order valence-corrected chi connectivity index (χ0v) is 23.7. The number of hydrogen-bond acceptors (Lipinski definition) is 2. The summed E-state index contributed by atoms with van der Waals surface area (Å²) in [5, 5.41) is 9.60. The van der Waals surface area contributed by atoms with Gasteiger partial charge in [-0.2, -0.15) is 0 Å². The molecular formula is C35H37F3O3. The van der Waals surface area contributed by atoms with Gasteiger partial charge in [0.1, 0.15) is 5.75 Å². The number of hydrogen-bond donors (Lipinski definition) is 1. The number of fused-ring (bicyclic) bond motifs is 1. The van der Waals surface area contributed by atoms with E-state index in [0.717, 1.165) is 59.1 Å². The summed E-state index contributed by atoms with van der Waals surface area (Å²) in [4.78, 5) is 11.7. The van der Waals surface area contributed by atoms with Gasteiger partial charge >= 0.3 is 5.97 Å². The molecular weight excluding hydrogens is 525 g/mol. The first-order chi connectivity index (χ1) is 19.9. The number of benzene rings is 3. The zero-order valence-electron chi connectivity index (χ0n) is 23.7. The number of aromatic carboxylic acids is 1. The van der Waals surface area contributed by atoms with Crippen LogP contribution in [0.2, 0.25) is 0 Å². The molecule has 1 aliphatic rings. The minimum atomic E-state index is -2.73. The summed E-state index contributed by atoms with van der Waals surface area (Å²) in [7, 11) is 1.40. The minimum Gasteiger partial charge on any atom is -0.496 e. The van der Waals surface area contributed by atoms with E-state index in [4.69, 9.17) is 4.74 Å². The van der Waals surface area contributed by atoms with Gasteiger partial charge in [0.15, 0.2) is 0 Å². The summed E-state index contributed by atoms with van der Waals surface area (Å²) in [5.74, 6) is -0.850. The highest BCUT2D eigenvalue weighted by atomic mass is 19.3. The molecule has 0 unspecified atom stereocenters. The van der Waals surface area contributed by atoms with Gasteiger partial charge in [0, 0.05) is 0 Å². The molecule has 0 amide bonds. The van der Waals surface area contributed by atoms with E-state index < -0.39 is 12.4 Å². The van der Waals surface area contributed by atoms with Gasteiger partial charge in [-0.05, 0) is 102 Å². The molecule has 3 aromatic rings. The fraction of sp³-hybridized carbons (Fsp3) is 0.343. The number of carboxylic acids is 1. The molecule has 0 spiro atoms. The standard InChI is InChI=1S/C35H37F3O3/c1-3-23(9-5-4-6-20-36)21-24-14-16-25(17-15-24)32-28-19-18-27(35(39)40)22-26(28)10-7-11-29(32)30-12-8-13-31(41-2)33(30)34(37)38/h8,12-19,21-22,34H,3-7,9-11,20H2,1-2H3,(H,39,40)/b23-21-. The SMILES string of the molecule is CC/C(=C/c1ccc(C2=C(c3cccc(OC)c3C(F)F)CCCc3cc(C(=O)O)ccc32)cc1)CCCCCF. The second-order valence-electron chi connectivity index (χ2n) is 10.4. The number of methoxy groups -OCH3 is 1. The Hall–Kier alpha value is -3.80. The second-order valence-corrected chi connectivity index (χ2v) is 10.4. The van der Waals surface area contributed by atoms with Crippen molar-refractivity contribution in [3.05, 3.63) is 105 Å². The third-order valence-electron chi connectivity index (χ3n) is 7.78. The van der Waals surface area contributed by atoms with Gasteiger partial charge < -0.3 is 9.84 Å². The maximum absolute atomic E-state index is 14.4. The summed E-state index contributed by atoms with van der Waals surface area (Å²) in [6, 6.07) is 18.2. The molecule has 0 aromatic heterocycles. The van der Waals surface area contributed by atoms with Gasteiger partial charge in [-0.15, -0.1) is 0 Å². The summed E-state index contributed by atoms with van der Waals surface area (Å²) >= 11 is 0. The van der Waals surface area contributed by atoms with Crippen molar-refractivity contribution in [2.75, 3.05) is 13.8 Å². The lowest BCUT2D eigenvalue weighted by molar-refractivity contribution is 0.0696. The normalized spacial score (nSPS) is 13.8. The van der Waals surface area contributed by atoms with Gasteiger partial charge in [0.25, 0.3) is 6.43 Å². The van der Waals surface area contributed by atoms with Gasteiger partial charge in [0.2, 0.25) is 0 Å². The molecule has 41 heavy (non-hydrogen) atoms. The van der Waals surface area contributed by atoms with Gasteiger partial charge in [-0.3, -0.25) is 4.39 Å². The average Bonchev–Trinajstić information content (AvgIpc) is 3.17. The number of rotatable bonds is 12. The van der Waals surface area contributed by atoms with Crippen LogP contribution in [0.5, 0.6) is 5.75 Å². The second kappa shape index (κ2) is 14.2. The molecule has 3 nitrogen and oxygen atoms in total. The smallest absolute Gasteiger partial charge is 0.335 e. The van der Waals surface area contributed by atoms with Crippen molar-refractivity contribution < 1.29 is 27.8 Å². The van der Waals surface area contributed by atoms with Crippen LogP contribution in [0.1, 0.15) is 102 Å².